The molecule has 3 atom stereocenters. The lowest BCUT2D eigenvalue weighted by atomic mass is 9.87. The summed E-state index contributed by atoms with van der Waals surface area (Å²) in [5, 5.41) is 10.7. The fourth-order valence-corrected chi connectivity index (χ4v) is 4.00. The predicted octanol–water partition coefficient (Wildman–Crippen LogP) is 5.11. The molecule has 0 saturated carbocycles. The maximum Gasteiger partial charge on any atom is 0.410 e. The number of nitrogens with zero attached hydrogens (tertiary/aromatic N) is 1. The Morgan fingerprint density at radius 1 is 1.15 bits per heavy atom. The van der Waals surface area contributed by atoms with Gasteiger partial charge in [0.05, 0.1) is 26.4 Å². The monoisotopic (exact) mass is 471 g/mol. The minimum atomic E-state index is -0.652. The van der Waals surface area contributed by atoms with Crippen LogP contribution in [0, 0.1) is 0 Å². The molecule has 2 aromatic rings. The molecule has 1 heterocycles. The van der Waals surface area contributed by atoms with Gasteiger partial charge in [-0.25, -0.2) is 4.79 Å². The molecule has 1 aliphatic rings. The van der Waals surface area contributed by atoms with Gasteiger partial charge in [0.1, 0.15) is 17.1 Å². The molecule has 1 N–H and O–H groups in total. The second-order valence-electron chi connectivity index (χ2n) is 9.54. The molecule has 7 nitrogen and oxygen atoms in total. The van der Waals surface area contributed by atoms with E-state index >= 15 is 0 Å². The smallest absolute Gasteiger partial charge is 0.410 e. The molecule has 3 unspecified atom stereocenters. The first-order chi connectivity index (χ1) is 16.2. The standard InChI is InChI=1S/C27H37NO6/c1-6-25(32-18-20-9-7-8-10-24(20)31-5)33-21-13-11-19(12-14-21)22-15-16-28(17-23(22)29)26(30)34-27(2,3)4/h7-14,22-23,25,29H,6,15-18H2,1-5H3. The summed E-state index contributed by atoms with van der Waals surface area (Å²) >= 11 is 0. The third kappa shape index (κ3) is 7.11. The Balaban J connectivity index is 1.54. The van der Waals surface area contributed by atoms with Gasteiger partial charge in [-0.1, -0.05) is 37.3 Å². The van der Waals surface area contributed by atoms with Crippen molar-refractivity contribution in [2.24, 2.45) is 0 Å². The summed E-state index contributed by atoms with van der Waals surface area (Å²) in [5.74, 6) is 1.45. The Hall–Kier alpha value is -2.77. The minimum absolute atomic E-state index is 0.0449. The number of carbonyl (C=O) groups excluding carboxylic acids is 1. The maximum absolute atomic E-state index is 12.3. The van der Waals surface area contributed by atoms with E-state index in [2.05, 4.69) is 0 Å². The fourth-order valence-electron chi connectivity index (χ4n) is 4.00. The van der Waals surface area contributed by atoms with Gasteiger partial charge >= 0.3 is 6.09 Å². The van der Waals surface area contributed by atoms with Gasteiger partial charge in [0.25, 0.3) is 0 Å². The van der Waals surface area contributed by atoms with E-state index in [1.807, 2.05) is 76.2 Å². The SMILES string of the molecule is CCC(OCc1ccccc1OC)Oc1ccc(C2CCN(C(=O)OC(C)(C)C)CC2O)cc1. The fraction of sp³-hybridized carbons (Fsp3) is 0.519. The quantitative estimate of drug-likeness (QED) is 0.539. The zero-order chi connectivity index (χ0) is 24.7. The zero-order valence-corrected chi connectivity index (χ0v) is 20.8. The minimum Gasteiger partial charge on any atom is -0.496 e. The normalized spacial score (nSPS) is 19.4. The number of methoxy groups -OCH3 is 1. The number of aliphatic hydroxyl groups is 1. The number of amides is 1. The van der Waals surface area contributed by atoms with Crippen LogP contribution in [-0.2, 0) is 16.1 Å². The second-order valence-corrected chi connectivity index (χ2v) is 9.54. The molecule has 0 aliphatic carbocycles. The van der Waals surface area contributed by atoms with Crippen molar-refractivity contribution in [1.82, 2.24) is 4.90 Å². The molecule has 0 aromatic heterocycles. The van der Waals surface area contributed by atoms with Crippen LogP contribution in [0.15, 0.2) is 48.5 Å². The Bertz CT molecular complexity index is 923. The van der Waals surface area contributed by atoms with E-state index in [9.17, 15) is 9.90 Å². The number of para-hydroxylation sites is 1. The van der Waals surface area contributed by atoms with Crippen LogP contribution in [0.25, 0.3) is 0 Å². The average Bonchev–Trinajstić information content (AvgIpc) is 2.81. The van der Waals surface area contributed by atoms with Crippen LogP contribution in [0.5, 0.6) is 11.5 Å². The number of rotatable bonds is 8. The molecule has 2 aromatic carbocycles. The van der Waals surface area contributed by atoms with Gasteiger partial charge in [-0.2, -0.15) is 0 Å². The van der Waals surface area contributed by atoms with E-state index in [0.717, 1.165) is 16.9 Å². The van der Waals surface area contributed by atoms with Crippen molar-refractivity contribution in [2.45, 2.75) is 71.1 Å². The Labute approximate surface area is 202 Å². The van der Waals surface area contributed by atoms with Crippen molar-refractivity contribution in [3.8, 4) is 11.5 Å². The molecule has 1 amide bonds. The van der Waals surface area contributed by atoms with Crippen molar-refractivity contribution in [1.29, 1.82) is 0 Å². The second kappa shape index (κ2) is 11.6. The van der Waals surface area contributed by atoms with Crippen LogP contribution in [0.2, 0.25) is 0 Å². The van der Waals surface area contributed by atoms with Gasteiger partial charge in [0, 0.05) is 24.4 Å². The summed E-state index contributed by atoms with van der Waals surface area (Å²) in [6, 6.07) is 15.5. The number of piperidine rings is 1. The summed E-state index contributed by atoms with van der Waals surface area (Å²) in [6.07, 6.45) is -0.0644. The highest BCUT2D eigenvalue weighted by atomic mass is 16.7. The highest BCUT2D eigenvalue weighted by molar-refractivity contribution is 5.68. The van der Waals surface area contributed by atoms with Gasteiger partial charge < -0.3 is 29.0 Å². The van der Waals surface area contributed by atoms with E-state index in [-0.39, 0.29) is 18.6 Å². The number of ether oxygens (including phenoxy) is 4. The Morgan fingerprint density at radius 2 is 1.85 bits per heavy atom. The van der Waals surface area contributed by atoms with Crippen LogP contribution < -0.4 is 9.47 Å². The molecule has 186 valence electrons. The van der Waals surface area contributed by atoms with Crippen molar-refractivity contribution >= 4 is 6.09 Å². The van der Waals surface area contributed by atoms with E-state index in [4.69, 9.17) is 18.9 Å². The number of aliphatic hydroxyl groups excluding tert-OH is 1. The molecule has 1 aliphatic heterocycles. The maximum atomic E-state index is 12.3. The number of β-amino-alcohol motifs (C(OH)–C–C–N with tert-alkyl or cyclic N) is 1. The van der Waals surface area contributed by atoms with Crippen LogP contribution in [-0.4, -0.2) is 54.3 Å². The van der Waals surface area contributed by atoms with Crippen LogP contribution in [0.4, 0.5) is 4.79 Å². The van der Waals surface area contributed by atoms with E-state index in [0.29, 0.717) is 31.7 Å². The van der Waals surface area contributed by atoms with Gasteiger partial charge in [-0.15, -0.1) is 0 Å². The highest BCUT2D eigenvalue weighted by Crippen LogP contribution is 2.31. The molecule has 7 heteroatoms. The average molecular weight is 472 g/mol. The first kappa shape index (κ1) is 25.8. The number of carbonyl (C=O) groups is 1. The molecule has 1 fully saturated rings. The molecule has 1 saturated heterocycles. The number of hydrogen-bond donors (Lipinski definition) is 1. The lowest BCUT2D eigenvalue weighted by Crippen LogP contribution is -2.47. The number of likely N-dealkylation sites (tertiary alicyclic amines) is 1. The van der Waals surface area contributed by atoms with Crippen LogP contribution in [0.1, 0.15) is 57.6 Å². The van der Waals surface area contributed by atoms with Crippen LogP contribution in [0.3, 0.4) is 0 Å². The molecular formula is C27H37NO6. The van der Waals surface area contributed by atoms with Gasteiger partial charge in [0.2, 0.25) is 0 Å². The van der Waals surface area contributed by atoms with E-state index < -0.39 is 18.0 Å². The first-order valence-electron chi connectivity index (χ1n) is 11.9. The van der Waals surface area contributed by atoms with Crippen molar-refractivity contribution < 1.29 is 28.8 Å². The summed E-state index contributed by atoms with van der Waals surface area (Å²) in [4.78, 5) is 13.9. The van der Waals surface area contributed by atoms with E-state index in [1.54, 1.807) is 12.0 Å². The van der Waals surface area contributed by atoms with Crippen LogP contribution >= 0.6 is 0 Å². The molecule has 0 radical (unpaired) electrons. The lowest BCUT2D eigenvalue weighted by molar-refractivity contribution is -0.0909. The van der Waals surface area contributed by atoms with E-state index in [1.165, 1.54) is 0 Å². The van der Waals surface area contributed by atoms with Crippen molar-refractivity contribution in [3.63, 3.8) is 0 Å². The third-order valence-electron chi connectivity index (χ3n) is 5.76. The highest BCUT2D eigenvalue weighted by Gasteiger charge is 2.33. The topological polar surface area (TPSA) is 77.5 Å². The molecule has 0 spiro atoms. The summed E-state index contributed by atoms with van der Waals surface area (Å²) in [7, 11) is 1.65. The summed E-state index contributed by atoms with van der Waals surface area (Å²) in [6.45, 7) is 8.72. The Kier molecular flexibility index (Phi) is 8.80. The molecule has 34 heavy (non-hydrogen) atoms. The predicted molar refractivity (Wildman–Crippen MR) is 130 cm³/mol. The molecule has 0 bridgehead atoms. The molecular weight excluding hydrogens is 434 g/mol. The molecule has 3 rings (SSSR count). The summed E-state index contributed by atoms with van der Waals surface area (Å²) < 4.78 is 22.8. The largest absolute Gasteiger partial charge is 0.496 e. The van der Waals surface area contributed by atoms with Gasteiger partial charge in [-0.3, -0.25) is 0 Å². The zero-order valence-electron chi connectivity index (χ0n) is 20.8. The first-order valence-corrected chi connectivity index (χ1v) is 11.9. The lowest BCUT2D eigenvalue weighted by Gasteiger charge is -2.37. The van der Waals surface area contributed by atoms with Crippen molar-refractivity contribution in [3.05, 3.63) is 59.7 Å². The van der Waals surface area contributed by atoms with Gasteiger partial charge in [0.15, 0.2) is 6.29 Å². The Morgan fingerprint density at radius 3 is 2.47 bits per heavy atom. The third-order valence-corrected chi connectivity index (χ3v) is 5.76. The number of hydrogen-bond acceptors (Lipinski definition) is 6. The van der Waals surface area contributed by atoms with Crippen molar-refractivity contribution in [2.75, 3.05) is 20.2 Å². The summed E-state index contributed by atoms with van der Waals surface area (Å²) in [5.41, 5.74) is 1.43. The van der Waals surface area contributed by atoms with Gasteiger partial charge in [-0.05, 0) is 51.0 Å². The number of benzene rings is 2.